The summed E-state index contributed by atoms with van der Waals surface area (Å²) in [5, 5.41) is 4.31. The van der Waals surface area contributed by atoms with Gasteiger partial charge in [-0.3, -0.25) is 4.79 Å². The van der Waals surface area contributed by atoms with Crippen LogP contribution in [0.1, 0.15) is 33.6 Å². The summed E-state index contributed by atoms with van der Waals surface area (Å²) < 4.78 is 0. The SMILES string of the molecule is O=C(c1c2c(nc3ccccc13)/C(=C\c1ccccc1)CC2)N1CCNCC1. The van der Waals surface area contributed by atoms with Crippen LogP contribution in [0, 0.1) is 0 Å². The lowest BCUT2D eigenvalue weighted by Gasteiger charge is -2.28. The molecule has 4 nitrogen and oxygen atoms in total. The molecule has 0 bridgehead atoms. The number of hydrogen-bond acceptors (Lipinski definition) is 3. The molecule has 1 aliphatic carbocycles. The Morgan fingerprint density at radius 1 is 0.964 bits per heavy atom. The molecule has 3 aromatic rings. The van der Waals surface area contributed by atoms with E-state index in [9.17, 15) is 4.79 Å². The van der Waals surface area contributed by atoms with E-state index in [0.29, 0.717) is 0 Å². The van der Waals surface area contributed by atoms with Crippen LogP contribution < -0.4 is 5.32 Å². The molecule has 1 amide bonds. The second kappa shape index (κ2) is 7.21. The van der Waals surface area contributed by atoms with Crippen molar-refractivity contribution >= 4 is 28.5 Å². The number of benzene rings is 2. The molecule has 28 heavy (non-hydrogen) atoms. The Hall–Kier alpha value is -2.98. The first kappa shape index (κ1) is 17.1. The molecule has 0 atom stereocenters. The van der Waals surface area contributed by atoms with Crippen molar-refractivity contribution in [1.29, 1.82) is 0 Å². The fourth-order valence-corrected chi connectivity index (χ4v) is 4.30. The maximum absolute atomic E-state index is 13.5. The second-order valence-electron chi connectivity index (χ2n) is 7.45. The Bertz CT molecular complexity index is 1070. The normalized spacial score (nSPS) is 17.9. The number of allylic oxidation sites excluding steroid dienone is 1. The van der Waals surface area contributed by atoms with Gasteiger partial charge in [-0.25, -0.2) is 4.98 Å². The molecule has 2 aliphatic rings. The number of rotatable bonds is 2. The van der Waals surface area contributed by atoms with Crippen LogP contribution in [0.15, 0.2) is 54.6 Å². The Morgan fingerprint density at radius 3 is 2.54 bits per heavy atom. The van der Waals surface area contributed by atoms with Gasteiger partial charge in [-0.2, -0.15) is 0 Å². The topological polar surface area (TPSA) is 45.2 Å². The number of amides is 1. The maximum atomic E-state index is 13.5. The van der Waals surface area contributed by atoms with Gasteiger partial charge >= 0.3 is 0 Å². The molecule has 140 valence electrons. The van der Waals surface area contributed by atoms with E-state index in [0.717, 1.165) is 66.7 Å². The monoisotopic (exact) mass is 369 g/mol. The summed E-state index contributed by atoms with van der Waals surface area (Å²) in [6, 6.07) is 18.4. The Kier molecular flexibility index (Phi) is 4.41. The molecule has 0 saturated carbocycles. The van der Waals surface area contributed by atoms with Crippen LogP contribution in [0.25, 0.3) is 22.6 Å². The molecule has 0 spiro atoms. The molecule has 0 radical (unpaired) electrons. The number of fused-ring (bicyclic) bond motifs is 2. The van der Waals surface area contributed by atoms with Crippen molar-refractivity contribution in [2.45, 2.75) is 12.8 Å². The molecule has 5 rings (SSSR count). The van der Waals surface area contributed by atoms with Crippen molar-refractivity contribution in [2.75, 3.05) is 26.2 Å². The number of carbonyl (C=O) groups is 1. The van der Waals surface area contributed by atoms with E-state index in [2.05, 4.69) is 35.7 Å². The standard InChI is InChI=1S/C24H23N3O/c28-24(27-14-12-25-13-15-27)22-19-8-4-5-9-21(19)26-23-18(10-11-20(22)23)16-17-6-2-1-3-7-17/h1-9,16,25H,10-15H2/b18-16-. The minimum atomic E-state index is 0.150. The van der Waals surface area contributed by atoms with Gasteiger partial charge in [-0.05, 0) is 41.7 Å². The van der Waals surface area contributed by atoms with Gasteiger partial charge in [0.2, 0.25) is 0 Å². The molecule has 1 fully saturated rings. The summed E-state index contributed by atoms with van der Waals surface area (Å²) in [6.45, 7) is 3.24. The number of nitrogens with zero attached hydrogens (tertiary/aromatic N) is 2. The van der Waals surface area contributed by atoms with Gasteiger partial charge in [0.15, 0.2) is 0 Å². The molecule has 1 saturated heterocycles. The number of carbonyl (C=O) groups excluding carboxylic acids is 1. The number of nitrogens with one attached hydrogen (secondary N) is 1. The lowest BCUT2D eigenvalue weighted by atomic mass is 9.99. The van der Waals surface area contributed by atoms with Gasteiger partial charge in [0.1, 0.15) is 0 Å². The minimum Gasteiger partial charge on any atom is -0.336 e. The molecule has 1 aromatic heterocycles. The van der Waals surface area contributed by atoms with Crippen LogP contribution in [0.2, 0.25) is 0 Å². The molecule has 2 aromatic carbocycles. The van der Waals surface area contributed by atoms with Gasteiger partial charge in [-0.1, -0.05) is 48.5 Å². The van der Waals surface area contributed by atoms with Gasteiger partial charge in [0.05, 0.1) is 16.8 Å². The van der Waals surface area contributed by atoms with Crippen LogP contribution in [0.5, 0.6) is 0 Å². The van der Waals surface area contributed by atoms with E-state index in [4.69, 9.17) is 4.98 Å². The molecule has 2 heterocycles. The molecular formula is C24H23N3O. The quantitative estimate of drug-likeness (QED) is 0.748. The van der Waals surface area contributed by atoms with Crippen molar-refractivity contribution in [2.24, 2.45) is 0 Å². The largest absolute Gasteiger partial charge is 0.336 e. The van der Waals surface area contributed by atoms with Crippen LogP contribution in [0.4, 0.5) is 0 Å². The summed E-state index contributed by atoms with van der Waals surface area (Å²) in [5.41, 5.74) is 6.28. The predicted octanol–water partition coefficient (Wildman–Crippen LogP) is 3.77. The first-order chi connectivity index (χ1) is 13.8. The Balaban J connectivity index is 1.66. The third-order valence-electron chi connectivity index (χ3n) is 5.70. The average molecular weight is 369 g/mol. The van der Waals surface area contributed by atoms with Crippen molar-refractivity contribution in [1.82, 2.24) is 15.2 Å². The van der Waals surface area contributed by atoms with Crippen LogP contribution in [0.3, 0.4) is 0 Å². The van der Waals surface area contributed by atoms with E-state index < -0.39 is 0 Å². The summed E-state index contributed by atoms with van der Waals surface area (Å²) in [7, 11) is 0. The minimum absolute atomic E-state index is 0.150. The molecule has 1 aliphatic heterocycles. The van der Waals surface area contributed by atoms with Gasteiger partial charge < -0.3 is 10.2 Å². The second-order valence-corrected chi connectivity index (χ2v) is 7.45. The number of para-hydroxylation sites is 1. The molecule has 1 N–H and O–H groups in total. The van der Waals surface area contributed by atoms with Gasteiger partial charge in [0, 0.05) is 31.6 Å². The summed E-state index contributed by atoms with van der Waals surface area (Å²) in [6.07, 6.45) is 4.01. The van der Waals surface area contributed by atoms with Gasteiger partial charge in [0.25, 0.3) is 5.91 Å². The third kappa shape index (κ3) is 3.00. The van der Waals surface area contributed by atoms with Crippen LogP contribution >= 0.6 is 0 Å². The number of pyridine rings is 1. The number of aromatic nitrogens is 1. The lowest BCUT2D eigenvalue weighted by Crippen LogP contribution is -2.46. The van der Waals surface area contributed by atoms with E-state index in [1.165, 1.54) is 11.1 Å². The predicted molar refractivity (Wildman–Crippen MR) is 113 cm³/mol. The third-order valence-corrected chi connectivity index (χ3v) is 5.70. The van der Waals surface area contributed by atoms with E-state index >= 15 is 0 Å². The maximum Gasteiger partial charge on any atom is 0.254 e. The first-order valence-electron chi connectivity index (χ1n) is 9.99. The zero-order chi connectivity index (χ0) is 18.9. The van der Waals surface area contributed by atoms with E-state index in [-0.39, 0.29) is 5.91 Å². The van der Waals surface area contributed by atoms with Crippen molar-refractivity contribution in [3.05, 3.63) is 77.0 Å². The highest BCUT2D eigenvalue weighted by atomic mass is 16.2. The zero-order valence-corrected chi connectivity index (χ0v) is 15.8. The fourth-order valence-electron chi connectivity index (χ4n) is 4.30. The summed E-state index contributed by atoms with van der Waals surface area (Å²) >= 11 is 0. The Labute approximate surface area is 164 Å². The summed E-state index contributed by atoms with van der Waals surface area (Å²) in [4.78, 5) is 20.4. The van der Waals surface area contributed by atoms with Crippen molar-refractivity contribution in [3.8, 4) is 0 Å². The van der Waals surface area contributed by atoms with Crippen molar-refractivity contribution < 1.29 is 4.79 Å². The van der Waals surface area contributed by atoms with E-state index in [1.807, 2.05) is 35.2 Å². The van der Waals surface area contributed by atoms with Crippen LogP contribution in [-0.2, 0) is 6.42 Å². The number of hydrogen-bond donors (Lipinski definition) is 1. The molecule has 0 unspecified atom stereocenters. The van der Waals surface area contributed by atoms with Gasteiger partial charge in [-0.15, -0.1) is 0 Å². The molecule has 4 heteroatoms. The average Bonchev–Trinajstić information content (AvgIpc) is 3.15. The highest BCUT2D eigenvalue weighted by Gasteiger charge is 2.29. The number of piperazine rings is 1. The lowest BCUT2D eigenvalue weighted by molar-refractivity contribution is 0.0736. The Morgan fingerprint density at radius 2 is 1.71 bits per heavy atom. The highest BCUT2D eigenvalue weighted by Crippen LogP contribution is 2.38. The molecular weight excluding hydrogens is 346 g/mol. The summed E-state index contributed by atoms with van der Waals surface area (Å²) in [5.74, 6) is 0.150. The van der Waals surface area contributed by atoms with E-state index in [1.54, 1.807) is 0 Å². The first-order valence-corrected chi connectivity index (χ1v) is 9.99. The highest BCUT2D eigenvalue weighted by molar-refractivity contribution is 6.09. The zero-order valence-electron chi connectivity index (χ0n) is 15.8. The fraction of sp³-hybridized carbons (Fsp3) is 0.250. The smallest absolute Gasteiger partial charge is 0.254 e. The van der Waals surface area contributed by atoms with Crippen molar-refractivity contribution in [3.63, 3.8) is 0 Å². The van der Waals surface area contributed by atoms with Crippen LogP contribution in [-0.4, -0.2) is 42.0 Å².